The van der Waals surface area contributed by atoms with E-state index < -0.39 is 0 Å². The number of hydrogen-bond acceptors (Lipinski definition) is 3. The Balaban J connectivity index is 2.14. The molecule has 0 bridgehead atoms. The maximum absolute atomic E-state index is 8.85. The average Bonchev–Trinajstić information content (AvgIpc) is 2.75. The highest BCUT2D eigenvalue weighted by Gasteiger charge is 2.05. The summed E-state index contributed by atoms with van der Waals surface area (Å²) in [4.78, 5) is 2.05. The molecule has 1 heterocycles. The van der Waals surface area contributed by atoms with Crippen LogP contribution >= 0.6 is 0 Å². The van der Waals surface area contributed by atoms with Gasteiger partial charge in [0.1, 0.15) is 11.5 Å². The van der Waals surface area contributed by atoms with Crippen molar-refractivity contribution in [3.05, 3.63) is 53.5 Å². The largest absolute Gasteiger partial charge is 0.464 e. The molecule has 0 saturated carbocycles. The minimum atomic E-state index is 0.671. The number of anilines is 1. The molecule has 3 nitrogen and oxygen atoms in total. The molecule has 0 radical (unpaired) electrons. The number of nitrogens with zero attached hydrogens (tertiary/aromatic N) is 2. The highest BCUT2D eigenvalue weighted by atomic mass is 16.3. The highest BCUT2D eigenvalue weighted by molar-refractivity contribution is 5.50. The molecule has 0 aliphatic rings. The summed E-state index contributed by atoms with van der Waals surface area (Å²) in [6.07, 6.45) is 0. The van der Waals surface area contributed by atoms with Crippen molar-refractivity contribution in [1.29, 1.82) is 5.26 Å². The summed E-state index contributed by atoms with van der Waals surface area (Å²) in [5, 5.41) is 8.85. The smallest absolute Gasteiger partial charge is 0.123 e. The van der Waals surface area contributed by atoms with Crippen LogP contribution in [0.25, 0.3) is 0 Å². The molecule has 0 saturated heterocycles. The Kier molecular flexibility index (Phi) is 3.15. The maximum Gasteiger partial charge on any atom is 0.123 e. The van der Waals surface area contributed by atoms with Crippen molar-refractivity contribution in [1.82, 2.24) is 0 Å². The number of furan rings is 1. The quantitative estimate of drug-likeness (QED) is 0.807. The molecule has 0 atom stereocenters. The second kappa shape index (κ2) is 4.75. The van der Waals surface area contributed by atoms with Crippen LogP contribution in [0.2, 0.25) is 0 Å². The molecule has 1 aromatic carbocycles. The van der Waals surface area contributed by atoms with E-state index in [1.165, 1.54) is 0 Å². The summed E-state index contributed by atoms with van der Waals surface area (Å²) in [5.41, 5.74) is 1.68. The first kappa shape index (κ1) is 11.3. The van der Waals surface area contributed by atoms with Crippen molar-refractivity contribution < 1.29 is 4.42 Å². The molecule has 1 aromatic heterocycles. The molecule has 0 aliphatic heterocycles. The van der Waals surface area contributed by atoms with Gasteiger partial charge >= 0.3 is 0 Å². The van der Waals surface area contributed by atoms with Crippen LogP contribution in [0.3, 0.4) is 0 Å². The van der Waals surface area contributed by atoms with Crippen molar-refractivity contribution >= 4 is 5.69 Å². The van der Waals surface area contributed by atoms with Gasteiger partial charge in [-0.05, 0) is 37.3 Å². The fourth-order valence-corrected chi connectivity index (χ4v) is 1.71. The van der Waals surface area contributed by atoms with Gasteiger partial charge in [0, 0.05) is 12.7 Å². The summed E-state index contributed by atoms with van der Waals surface area (Å²) in [7, 11) is 1.98. The third-order valence-electron chi connectivity index (χ3n) is 2.61. The van der Waals surface area contributed by atoms with Crippen LogP contribution in [-0.2, 0) is 6.54 Å². The van der Waals surface area contributed by atoms with E-state index in [2.05, 4.69) is 11.0 Å². The van der Waals surface area contributed by atoms with Crippen LogP contribution in [0.15, 0.2) is 40.8 Å². The van der Waals surface area contributed by atoms with E-state index in [0.717, 1.165) is 17.2 Å². The van der Waals surface area contributed by atoms with E-state index in [0.29, 0.717) is 12.1 Å². The zero-order valence-electron chi connectivity index (χ0n) is 9.97. The van der Waals surface area contributed by atoms with Crippen molar-refractivity contribution in [2.45, 2.75) is 13.5 Å². The summed E-state index contributed by atoms with van der Waals surface area (Å²) >= 11 is 0. The van der Waals surface area contributed by atoms with Gasteiger partial charge in [0.25, 0.3) is 0 Å². The standard InChI is InChI=1S/C14H14N2O/c1-11-6-7-14(17-11)10-16(2)13-5-3-4-12(8-13)9-15/h3-8H,10H2,1-2H3. The van der Waals surface area contributed by atoms with Crippen LogP contribution in [0.5, 0.6) is 0 Å². The molecule has 2 aromatic rings. The van der Waals surface area contributed by atoms with Gasteiger partial charge in [-0.3, -0.25) is 0 Å². The van der Waals surface area contributed by atoms with Gasteiger partial charge < -0.3 is 9.32 Å². The van der Waals surface area contributed by atoms with Crippen molar-refractivity contribution in [2.24, 2.45) is 0 Å². The molecular weight excluding hydrogens is 212 g/mol. The monoisotopic (exact) mass is 226 g/mol. The van der Waals surface area contributed by atoms with E-state index in [9.17, 15) is 0 Å². The van der Waals surface area contributed by atoms with Crippen molar-refractivity contribution in [3.8, 4) is 6.07 Å². The Bertz CT molecular complexity index is 551. The van der Waals surface area contributed by atoms with Gasteiger partial charge in [0.05, 0.1) is 18.2 Å². The zero-order chi connectivity index (χ0) is 12.3. The van der Waals surface area contributed by atoms with Gasteiger partial charge in [-0.25, -0.2) is 0 Å². The normalized spacial score (nSPS) is 9.94. The predicted octanol–water partition coefficient (Wildman–Crippen LogP) is 3.10. The first-order chi connectivity index (χ1) is 8.19. The van der Waals surface area contributed by atoms with E-state index in [-0.39, 0.29) is 0 Å². The first-order valence-electron chi connectivity index (χ1n) is 5.45. The van der Waals surface area contributed by atoms with Crippen LogP contribution in [-0.4, -0.2) is 7.05 Å². The average molecular weight is 226 g/mol. The molecule has 0 N–H and O–H groups in total. The van der Waals surface area contributed by atoms with Crippen molar-refractivity contribution in [2.75, 3.05) is 11.9 Å². The first-order valence-corrected chi connectivity index (χ1v) is 5.45. The number of aryl methyl sites for hydroxylation is 1. The Morgan fingerprint density at radius 1 is 1.29 bits per heavy atom. The number of benzene rings is 1. The molecule has 17 heavy (non-hydrogen) atoms. The minimum Gasteiger partial charge on any atom is -0.464 e. The van der Waals surface area contributed by atoms with E-state index in [1.54, 1.807) is 6.07 Å². The topological polar surface area (TPSA) is 40.2 Å². The van der Waals surface area contributed by atoms with Gasteiger partial charge in [-0.1, -0.05) is 6.07 Å². The van der Waals surface area contributed by atoms with Gasteiger partial charge in [-0.2, -0.15) is 5.26 Å². The van der Waals surface area contributed by atoms with Crippen LogP contribution in [0, 0.1) is 18.3 Å². The predicted molar refractivity (Wildman–Crippen MR) is 66.7 cm³/mol. The highest BCUT2D eigenvalue weighted by Crippen LogP contribution is 2.17. The molecular formula is C14H14N2O. The molecule has 0 fully saturated rings. The van der Waals surface area contributed by atoms with Gasteiger partial charge in [0.2, 0.25) is 0 Å². The van der Waals surface area contributed by atoms with E-state index >= 15 is 0 Å². The summed E-state index contributed by atoms with van der Waals surface area (Å²) in [6, 6.07) is 13.6. The molecule has 0 aliphatic carbocycles. The summed E-state index contributed by atoms with van der Waals surface area (Å²) in [5.74, 6) is 1.84. The number of nitriles is 1. The summed E-state index contributed by atoms with van der Waals surface area (Å²) in [6.45, 7) is 2.63. The lowest BCUT2D eigenvalue weighted by Crippen LogP contribution is -2.15. The molecule has 0 spiro atoms. The maximum atomic E-state index is 8.85. The lowest BCUT2D eigenvalue weighted by atomic mass is 10.2. The van der Waals surface area contributed by atoms with Crippen LogP contribution in [0.4, 0.5) is 5.69 Å². The Morgan fingerprint density at radius 3 is 2.76 bits per heavy atom. The minimum absolute atomic E-state index is 0.671. The van der Waals surface area contributed by atoms with E-state index in [4.69, 9.17) is 9.68 Å². The Morgan fingerprint density at radius 2 is 2.12 bits per heavy atom. The summed E-state index contributed by atoms with van der Waals surface area (Å²) < 4.78 is 5.53. The SMILES string of the molecule is Cc1ccc(CN(C)c2cccc(C#N)c2)o1. The zero-order valence-corrected chi connectivity index (χ0v) is 9.97. The Hall–Kier alpha value is -2.21. The second-order valence-corrected chi connectivity index (χ2v) is 4.03. The molecule has 0 unspecified atom stereocenters. The molecule has 3 heteroatoms. The van der Waals surface area contributed by atoms with E-state index in [1.807, 2.05) is 44.3 Å². The lowest BCUT2D eigenvalue weighted by molar-refractivity contribution is 0.482. The van der Waals surface area contributed by atoms with Gasteiger partial charge in [0.15, 0.2) is 0 Å². The Labute approximate surface area is 101 Å². The molecule has 2 rings (SSSR count). The van der Waals surface area contributed by atoms with Crippen LogP contribution < -0.4 is 4.90 Å². The lowest BCUT2D eigenvalue weighted by Gasteiger charge is -2.17. The van der Waals surface area contributed by atoms with Crippen LogP contribution in [0.1, 0.15) is 17.1 Å². The fraction of sp³-hybridized carbons (Fsp3) is 0.214. The number of hydrogen-bond donors (Lipinski definition) is 0. The molecule has 86 valence electrons. The fourth-order valence-electron chi connectivity index (χ4n) is 1.71. The number of rotatable bonds is 3. The van der Waals surface area contributed by atoms with Crippen molar-refractivity contribution in [3.63, 3.8) is 0 Å². The molecule has 0 amide bonds. The second-order valence-electron chi connectivity index (χ2n) is 4.03. The van der Waals surface area contributed by atoms with Gasteiger partial charge in [-0.15, -0.1) is 0 Å². The third kappa shape index (κ3) is 2.67. The third-order valence-corrected chi connectivity index (χ3v) is 2.61.